The normalized spacial score (nSPS) is 26.1. The number of alkyl halides is 1. The molecule has 2 heterocycles. The molecule has 14 nitrogen and oxygen atoms in total. The summed E-state index contributed by atoms with van der Waals surface area (Å²) in [7, 11) is -3.94. The summed E-state index contributed by atoms with van der Waals surface area (Å²) in [5, 5.41) is 6.50. The number of halogens is 1. The van der Waals surface area contributed by atoms with E-state index in [4.69, 9.17) is 9.47 Å². The first-order valence-corrected chi connectivity index (χ1v) is 19.3. The highest BCUT2D eigenvalue weighted by atomic mass is 32.2. The van der Waals surface area contributed by atoms with Gasteiger partial charge in [-0.15, -0.1) is 0 Å². The van der Waals surface area contributed by atoms with Crippen molar-refractivity contribution in [3.05, 3.63) is 60.2 Å². The van der Waals surface area contributed by atoms with Crippen LogP contribution in [0.5, 0.6) is 0 Å². The van der Waals surface area contributed by atoms with E-state index >= 15 is 0 Å². The van der Waals surface area contributed by atoms with Crippen LogP contribution in [0.2, 0.25) is 0 Å². The van der Waals surface area contributed by atoms with Crippen LogP contribution in [0, 0.1) is 5.92 Å². The second-order valence-corrected chi connectivity index (χ2v) is 15.7. The number of sulfonamides is 1. The fraction of sp³-hybridized carbons (Fsp3) is 0.528. The number of nitrogens with one attached hydrogen (secondary N) is 3. The lowest BCUT2D eigenvalue weighted by Gasteiger charge is -2.41. The minimum atomic E-state index is -3.94. The van der Waals surface area contributed by atoms with Gasteiger partial charge in [-0.3, -0.25) is 19.1 Å². The molecule has 0 spiro atoms. The SMILES string of the molecule is O=C(N[C@H]1CCCCC/C=C/C2C[C@]2(C(=O)NS(=O)(=O)C2CC2)NC(=O)[C@@H]2CN(C(=O)OCc3cccc4ccccc34)CCN2C1=O)OCCF. The molecule has 0 aromatic heterocycles. The van der Waals surface area contributed by atoms with Crippen LogP contribution < -0.4 is 15.4 Å². The number of hydrogen-bond acceptors (Lipinski definition) is 9. The lowest BCUT2D eigenvalue weighted by atomic mass is 10.0. The number of piperazine rings is 1. The summed E-state index contributed by atoms with van der Waals surface area (Å²) in [4.78, 5) is 70.6. The van der Waals surface area contributed by atoms with E-state index in [0.29, 0.717) is 32.1 Å². The Labute approximate surface area is 301 Å². The first kappa shape index (κ1) is 37.0. The standard InChI is InChI=1S/C36H44FN5O9S/c37-17-20-50-34(46)38-29-14-5-3-1-2-4-12-26-21-36(26,33(45)40-52(48,49)27-15-16-27)39-31(43)30-22-41(18-19-42(30)32(29)44)35(47)51-23-25-11-8-10-24-9-6-7-13-28(24)25/h4,6-13,26-27,29-30H,1-3,5,14-23H2,(H,38,46)(H,39,43)(H,40,45)/b12-4+/t26?,29-,30-,36-/m0/s1. The summed E-state index contributed by atoms with van der Waals surface area (Å²) in [6.45, 7) is -1.86. The summed E-state index contributed by atoms with van der Waals surface area (Å²) < 4.78 is 50.9. The van der Waals surface area contributed by atoms with Crippen LogP contribution in [0.25, 0.3) is 10.8 Å². The largest absolute Gasteiger partial charge is 0.447 e. The van der Waals surface area contributed by atoms with Crippen LogP contribution in [-0.2, 0) is 40.5 Å². The molecule has 4 aliphatic rings. The van der Waals surface area contributed by atoms with Gasteiger partial charge in [-0.2, -0.15) is 0 Å². The van der Waals surface area contributed by atoms with Crippen molar-refractivity contribution >= 4 is 50.7 Å². The van der Waals surface area contributed by atoms with Gasteiger partial charge < -0.3 is 29.9 Å². The predicted molar refractivity (Wildman–Crippen MR) is 187 cm³/mol. The van der Waals surface area contributed by atoms with E-state index < -0.39 is 82.0 Å². The lowest BCUT2D eigenvalue weighted by molar-refractivity contribution is -0.146. The van der Waals surface area contributed by atoms with Gasteiger partial charge in [0.05, 0.1) is 11.8 Å². The van der Waals surface area contributed by atoms with Gasteiger partial charge in [0.15, 0.2) is 0 Å². The number of allylic oxidation sites excluding steroid dienone is 1. The van der Waals surface area contributed by atoms with Crippen LogP contribution in [0.3, 0.4) is 0 Å². The Kier molecular flexibility index (Phi) is 11.3. The molecule has 2 aliphatic carbocycles. The molecule has 2 aromatic rings. The van der Waals surface area contributed by atoms with E-state index in [1.807, 2.05) is 48.5 Å². The van der Waals surface area contributed by atoms with Gasteiger partial charge in [-0.1, -0.05) is 67.5 Å². The monoisotopic (exact) mass is 741 g/mol. The summed E-state index contributed by atoms with van der Waals surface area (Å²) in [5.41, 5.74) is -0.808. The van der Waals surface area contributed by atoms with E-state index in [1.54, 1.807) is 6.08 Å². The molecule has 3 N–H and O–H groups in total. The van der Waals surface area contributed by atoms with E-state index in [9.17, 15) is 36.8 Å². The van der Waals surface area contributed by atoms with E-state index in [0.717, 1.165) is 22.8 Å². The number of alkyl carbamates (subject to hydrolysis) is 1. The van der Waals surface area contributed by atoms with E-state index in [1.165, 1.54) is 9.80 Å². The van der Waals surface area contributed by atoms with Gasteiger partial charge in [0.1, 0.15) is 37.5 Å². The Morgan fingerprint density at radius 2 is 1.77 bits per heavy atom. The number of amides is 5. The number of benzene rings is 2. The molecule has 1 unspecified atom stereocenters. The van der Waals surface area contributed by atoms with Crippen molar-refractivity contribution in [2.75, 3.05) is 32.9 Å². The molecule has 5 amide bonds. The number of fused-ring (bicyclic) bond motifs is 3. The first-order chi connectivity index (χ1) is 25.0. The lowest BCUT2D eigenvalue weighted by Crippen LogP contribution is -2.66. The smallest absolute Gasteiger partial charge is 0.410 e. The molecule has 52 heavy (non-hydrogen) atoms. The Morgan fingerprint density at radius 1 is 0.981 bits per heavy atom. The van der Waals surface area contributed by atoms with Crippen molar-refractivity contribution in [3.63, 3.8) is 0 Å². The minimum Gasteiger partial charge on any atom is -0.447 e. The van der Waals surface area contributed by atoms with Crippen LogP contribution in [-0.4, -0.2) is 104 Å². The van der Waals surface area contributed by atoms with Crippen LogP contribution in [0.15, 0.2) is 54.6 Å². The average molecular weight is 742 g/mol. The van der Waals surface area contributed by atoms with Crippen LogP contribution in [0.1, 0.15) is 56.9 Å². The number of nitrogens with zero attached hydrogens (tertiary/aromatic N) is 2. The molecule has 4 atom stereocenters. The summed E-state index contributed by atoms with van der Waals surface area (Å²) in [6, 6.07) is 10.9. The molecule has 1 saturated heterocycles. The maximum absolute atomic E-state index is 14.3. The van der Waals surface area contributed by atoms with Crippen LogP contribution in [0.4, 0.5) is 14.0 Å². The van der Waals surface area contributed by atoms with Gasteiger partial charge >= 0.3 is 12.2 Å². The quantitative estimate of drug-likeness (QED) is 0.343. The van der Waals surface area contributed by atoms with Crippen molar-refractivity contribution in [1.82, 2.24) is 25.2 Å². The van der Waals surface area contributed by atoms with Gasteiger partial charge in [0, 0.05) is 19.0 Å². The van der Waals surface area contributed by atoms with Gasteiger partial charge in [0.2, 0.25) is 21.8 Å². The highest BCUT2D eigenvalue weighted by molar-refractivity contribution is 7.91. The topological polar surface area (TPSA) is 181 Å². The second-order valence-electron chi connectivity index (χ2n) is 13.7. The summed E-state index contributed by atoms with van der Waals surface area (Å²) in [6.07, 6.45) is 5.82. The van der Waals surface area contributed by atoms with Crippen molar-refractivity contribution in [3.8, 4) is 0 Å². The zero-order valence-corrected chi connectivity index (χ0v) is 29.6. The third kappa shape index (κ3) is 8.48. The van der Waals surface area contributed by atoms with Gasteiger partial charge in [0.25, 0.3) is 5.91 Å². The fourth-order valence-corrected chi connectivity index (χ4v) is 8.24. The Morgan fingerprint density at radius 3 is 2.56 bits per heavy atom. The predicted octanol–water partition coefficient (Wildman–Crippen LogP) is 3.06. The maximum Gasteiger partial charge on any atom is 0.410 e. The molecule has 16 heteroatoms. The zero-order valence-electron chi connectivity index (χ0n) is 28.8. The third-order valence-electron chi connectivity index (χ3n) is 10.1. The summed E-state index contributed by atoms with van der Waals surface area (Å²) >= 11 is 0. The van der Waals surface area contributed by atoms with Crippen molar-refractivity contribution in [2.24, 2.45) is 5.92 Å². The van der Waals surface area contributed by atoms with Gasteiger partial charge in [-0.25, -0.2) is 22.4 Å². The molecule has 3 fully saturated rings. The first-order valence-electron chi connectivity index (χ1n) is 17.8. The molecule has 6 rings (SSSR count). The molecular formula is C36H44FN5O9S. The molecule has 280 valence electrons. The molecule has 2 saturated carbocycles. The van der Waals surface area contributed by atoms with Crippen molar-refractivity contribution in [1.29, 1.82) is 0 Å². The van der Waals surface area contributed by atoms with E-state index in [2.05, 4.69) is 15.4 Å². The number of hydrogen-bond donors (Lipinski definition) is 3. The zero-order chi connectivity index (χ0) is 36.9. The Bertz CT molecular complexity index is 1830. The molecule has 2 aromatic carbocycles. The Balaban J connectivity index is 1.25. The molecular weight excluding hydrogens is 697 g/mol. The number of carbonyl (C=O) groups excluding carboxylic acids is 5. The van der Waals surface area contributed by atoms with Crippen molar-refractivity contribution in [2.45, 2.75) is 80.8 Å². The fourth-order valence-electron chi connectivity index (χ4n) is 6.87. The Hall–Kier alpha value is -4.73. The highest BCUT2D eigenvalue weighted by Gasteiger charge is 2.62. The maximum atomic E-state index is 14.3. The highest BCUT2D eigenvalue weighted by Crippen LogP contribution is 2.46. The van der Waals surface area contributed by atoms with E-state index in [-0.39, 0.29) is 39.1 Å². The average Bonchev–Trinajstić information content (AvgIpc) is 4.08. The van der Waals surface area contributed by atoms with Gasteiger partial charge in [-0.05, 0) is 54.9 Å². The molecule has 0 radical (unpaired) electrons. The molecule has 2 aliphatic heterocycles. The molecule has 0 bridgehead atoms. The third-order valence-corrected chi connectivity index (χ3v) is 11.9. The van der Waals surface area contributed by atoms with Crippen molar-refractivity contribution < 1.29 is 46.3 Å². The minimum absolute atomic E-state index is 0.000464. The summed E-state index contributed by atoms with van der Waals surface area (Å²) in [5.74, 6) is -2.74. The number of rotatable bonds is 8. The number of ether oxygens (including phenoxy) is 2. The number of carbonyl (C=O) groups is 5. The second kappa shape index (κ2) is 15.9. The van der Waals surface area contributed by atoms with Crippen LogP contribution >= 0.6 is 0 Å².